The Labute approximate surface area is 144 Å². The number of halogens is 2. The molecule has 1 aromatic heterocycles. The molecular formula is C17H15Cl2N3O. The predicted octanol–water partition coefficient (Wildman–Crippen LogP) is 4.90. The molecule has 118 valence electrons. The molecule has 0 aliphatic carbocycles. The molecule has 3 rings (SSSR count). The number of aromatic nitrogens is 3. The van der Waals surface area contributed by atoms with Gasteiger partial charge in [-0.2, -0.15) is 0 Å². The summed E-state index contributed by atoms with van der Waals surface area (Å²) in [6, 6.07) is 12.3. The molecule has 0 spiro atoms. The van der Waals surface area contributed by atoms with Crippen molar-refractivity contribution in [2.45, 2.75) is 19.8 Å². The van der Waals surface area contributed by atoms with Gasteiger partial charge in [0, 0.05) is 16.5 Å². The molecule has 0 aliphatic rings. The minimum absolute atomic E-state index is 0.150. The number of nitrogens with zero attached hydrogens (tertiary/aromatic N) is 3. The number of phenols is 1. The summed E-state index contributed by atoms with van der Waals surface area (Å²) in [5.74, 6) is 1.51. The summed E-state index contributed by atoms with van der Waals surface area (Å²) in [4.78, 5) is 0. The Bertz CT molecular complexity index is 825. The largest absolute Gasteiger partial charge is 0.507 e. The Morgan fingerprint density at radius 1 is 1.04 bits per heavy atom. The summed E-state index contributed by atoms with van der Waals surface area (Å²) in [6.07, 6.45) is 1.68. The molecule has 0 bridgehead atoms. The van der Waals surface area contributed by atoms with Gasteiger partial charge in [0.1, 0.15) is 11.6 Å². The number of phenolic OH excluding ortho intramolecular Hbond substituents is 1. The van der Waals surface area contributed by atoms with Crippen LogP contribution in [0.2, 0.25) is 10.0 Å². The fourth-order valence-corrected chi connectivity index (χ4v) is 2.99. The van der Waals surface area contributed by atoms with E-state index in [2.05, 4.69) is 17.1 Å². The first-order chi connectivity index (χ1) is 11.1. The Morgan fingerprint density at radius 3 is 2.39 bits per heavy atom. The van der Waals surface area contributed by atoms with Crippen LogP contribution in [0.1, 0.15) is 19.2 Å². The summed E-state index contributed by atoms with van der Waals surface area (Å²) < 4.78 is 1.89. The van der Waals surface area contributed by atoms with Gasteiger partial charge in [0.25, 0.3) is 0 Å². The van der Waals surface area contributed by atoms with E-state index in [1.54, 1.807) is 36.4 Å². The molecule has 6 heteroatoms. The van der Waals surface area contributed by atoms with E-state index < -0.39 is 0 Å². The number of benzene rings is 2. The van der Waals surface area contributed by atoms with Crippen LogP contribution in [-0.2, 0) is 6.42 Å². The fourth-order valence-electron chi connectivity index (χ4n) is 2.48. The highest BCUT2D eigenvalue weighted by atomic mass is 35.5. The molecule has 2 aromatic carbocycles. The molecule has 0 amide bonds. The zero-order valence-electron chi connectivity index (χ0n) is 12.5. The van der Waals surface area contributed by atoms with Gasteiger partial charge >= 0.3 is 0 Å². The Morgan fingerprint density at radius 2 is 1.74 bits per heavy atom. The van der Waals surface area contributed by atoms with E-state index in [0.717, 1.165) is 24.4 Å². The minimum Gasteiger partial charge on any atom is -0.507 e. The van der Waals surface area contributed by atoms with E-state index >= 15 is 0 Å². The number of aryl methyl sites for hydroxylation is 1. The van der Waals surface area contributed by atoms with Crippen molar-refractivity contribution in [1.82, 2.24) is 14.8 Å². The van der Waals surface area contributed by atoms with Crippen molar-refractivity contribution in [1.29, 1.82) is 0 Å². The van der Waals surface area contributed by atoms with E-state index in [-0.39, 0.29) is 5.75 Å². The quantitative estimate of drug-likeness (QED) is 0.730. The first kappa shape index (κ1) is 15.8. The van der Waals surface area contributed by atoms with Crippen molar-refractivity contribution in [3.05, 3.63) is 58.3 Å². The average molecular weight is 348 g/mol. The Balaban J connectivity index is 2.25. The smallest absolute Gasteiger partial charge is 0.172 e. The normalized spacial score (nSPS) is 10.9. The summed E-state index contributed by atoms with van der Waals surface area (Å²) in [7, 11) is 0. The predicted molar refractivity (Wildman–Crippen MR) is 92.5 cm³/mol. The number of rotatable bonds is 4. The van der Waals surface area contributed by atoms with Gasteiger partial charge in [-0.05, 0) is 36.8 Å². The standard InChI is InChI=1S/C17H15Cl2N3O/c1-2-5-16-20-21-17(14-6-3-4-7-15(14)23)22(16)13-9-11(18)8-12(19)10-13/h3-4,6-10,23H,2,5H2,1H3. The Hall–Kier alpha value is -2.04. The van der Waals surface area contributed by atoms with Gasteiger partial charge in [-0.15, -0.1) is 10.2 Å². The van der Waals surface area contributed by atoms with E-state index in [1.165, 1.54) is 0 Å². The van der Waals surface area contributed by atoms with Gasteiger partial charge in [-0.3, -0.25) is 4.57 Å². The van der Waals surface area contributed by atoms with Crippen molar-refractivity contribution in [2.75, 3.05) is 0 Å². The van der Waals surface area contributed by atoms with Gasteiger partial charge in [-0.25, -0.2) is 0 Å². The molecule has 3 aromatic rings. The minimum atomic E-state index is 0.150. The van der Waals surface area contributed by atoms with Crippen molar-refractivity contribution in [3.8, 4) is 22.8 Å². The molecule has 0 fully saturated rings. The number of hydrogen-bond donors (Lipinski definition) is 1. The van der Waals surface area contributed by atoms with Gasteiger partial charge < -0.3 is 5.11 Å². The fraction of sp³-hybridized carbons (Fsp3) is 0.176. The van der Waals surface area contributed by atoms with Crippen LogP contribution in [0.3, 0.4) is 0 Å². The van der Waals surface area contributed by atoms with Crippen molar-refractivity contribution >= 4 is 23.2 Å². The van der Waals surface area contributed by atoms with Crippen molar-refractivity contribution in [3.63, 3.8) is 0 Å². The van der Waals surface area contributed by atoms with Gasteiger partial charge in [-0.1, -0.05) is 42.3 Å². The van der Waals surface area contributed by atoms with E-state index in [1.807, 2.05) is 10.6 Å². The van der Waals surface area contributed by atoms with Crippen LogP contribution in [0.4, 0.5) is 0 Å². The first-order valence-electron chi connectivity index (χ1n) is 7.29. The SMILES string of the molecule is CCCc1nnc(-c2ccccc2O)n1-c1cc(Cl)cc(Cl)c1. The molecule has 0 unspecified atom stereocenters. The highest BCUT2D eigenvalue weighted by molar-refractivity contribution is 6.34. The third kappa shape index (κ3) is 3.19. The summed E-state index contributed by atoms with van der Waals surface area (Å²) in [5.41, 5.74) is 1.38. The number of aromatic hydroxyl groups is 1. The average Bonchev–Trinajstić information content (AvgIpc) is 2.90. The molecule has 4 nitrogen and oxygen atoms in total. The highest BCUT2D eigenvalue weighted by Gasteiger charge is 2.18. The topological polar surface area (TPSA) is 50.9 Å². The van der Waals surface area contributed by atoms with Gasteiger partial charge in [0.15, 0.2) is 5.82 Å². The van der Waals surface area contributed by atoms with Gasteiger partial charge in [0.05, 0.1) is 11.3 Å². The van der Waals surface area contributed by atoms with Crippen LogP contribution in [-0.4, -0.2) is 19.9 Å². The molecule has 1 heterocycles. The summed E-state index contributed by atoms with van der Waals surface area (Å²) in [5, 5.41) is 19.8. The lowest BCUT2D eigenvalue weighted by Crippen LogP contribution is -2.03. The first-order valence-corrected chi connectivity index (χ1v) is 8.05. The Kier molecular flexibility index (Phi) is 4.55. The summed E-state index contributed by atoms with van der Waals surface area (Å²) in [6.45, 7) is 2.07. The number of hydrogen-bond acceptors (Lipinski definition) is 3. The second kappa shape index (κ2) is 6.60. The maximum Gasteiger partial charge on any atom is 0.172 e. The molecule has 0 saturated carbocycles. The monoisotopic (exact) mass is 347 g/mol. The number of para-hydroxylation sites is 1. The van der Waals surface area contributed by atoms with E-state index in [0.29, 0.717) is 21.4 Å². The van der Waals surface area contributed by atoms with Crippen LogP contribution >= 0.6 is 23.2 Å². The van der Waals surface area contributed by atoms with Gasteiger partial charge in [0.2, 0.25) is 0 Å². The molecule has 0 saturated heterocycles. The highest BCUT2D eigenvalue weighted by Crippen LogP contribution is 2.31. The third-order valence-corrected chi connectivity index (χ3v) is 3.89. The second-order valence-electron chi connectivity index (χ2n) is 5.17. The van der Waals surface area contributed by atoms with E-state index in [4.69, 9.17) is 23.2 Å². The van der Waals surface area contributed by atoms with Crippen LogP contribution in [0.15, 0.2) is 42.5 Å². The maximum absolute atomic E-state index is 10.2. The molecular weight excluding hydrogens is 333 g/mol. The third-order valence-electron chi connectivity index (χ3n) is 3.45. The summed E-state index contributed by atoms with van der Waals surface area (Å²) >= 11 is 12.3. The van der Waals surface area contributed by atoms with Crippen LogP contribution in [0.25, 0.3) is 17.1 Å². The van der Waals surface area contributed by atoms with Crippen molar-refractivity contribution in [2.24, 2.45) is 0 Å². The lowest BCUT2D eigenvalue weighted by Gasteiger charge is -2.12. The zero-order chi connectivity index (χ0) is 16.4. The molecule has 0 aliphatic heterocycles. The molecule has 0 atom stereocenters. The lowest BCUT2D eigenvalue weighted by molar-refractivity contribution is 0.476. The molecule has 1 N–H and O–H groups in total. The second-order valence-corrected chi connectivity index (χ2v) is 6.04. The van der Waals surface area contributed by atoms with Crippen LogP contribution in [0, 0.1) is 0 Å². The molecule has 23 heavy (non-hydrogen) atoms. The van der Waals surface area contributed by atoms with Crippen LogP contribution < -0.4 is 0 Å². The maximum atomic E-state index is 10.2. The van der Waals surface area contributed by atoms with E-state index in [9.17, 15) is 5.11 Å². The zero-order valence-corrected chi connectivity index (χ0v) is 14.0. The van der Waals surface area contributed by atoms with Crippen LogP contribution in [0.5, 0.6) is 5.75 Å². The van der Waals surface area contributed by atoms with Crippen molar-refractivity contribution < 1.29 is 5.11 Å². The lowest BCUT2D eigenvalue weighted by atomic mass is 10.1. The molecule has 0 radical (unpaired) electrons.